The lowest BCUT2D eigenvalue weighted by molar-refractivity contribution is -0.0974. The van der Waals surface area contributed by atoms with E-state index in [1.165, 1.54) is 14.2 Å². The molecule has 0 bridgehead atoms. The SMILES string of the molecule is COC(CNC(=O)c1ccc(Br)c(C(Br)Br)c1)OC. The smallest absolute Gasteiger partial charge is 0.251 e. The molecule has 0 spiro atoms. The number of amides is 1. The second-order valence-corrected chi connectivity index (χ2v) is 7.56. The van der Waals surface area contributed by atoms with Crippen molar-refractivity contribution in [2.45, 2.75) is 10.0 Å². The summed E-state index contributed by atoms with van der Waals surface area (Å²) in [5.74, 6) is -0.173. The normalized spacial score (nSPS) is 11.1. The summed E-state index contributed by atoms with van der Waals surface area (Å²) in [6.45, 7) is 0.295. The maximum absolute atomic E-state index is 12.0. The van der Waals surface area contributed by atoms with Crippen LogP contribution in [0.3, 0.4) is 0 Å². The standard InChI is InChI=1S/C12H14Br3NO3/c1-18-10(19-2)6-16-12(17)7-3-4-9(13)8(5-7)11(14)15/h3-5,10-11H,6H2,1-2H3,(H,16,17). The Kier molecular flexibility index (Phi) is 7.53. The van der Waals surface area contributed by atoms with Crippen molar-refractivity contribution >= 4 is 53.7 Å². The van der Waals surface area contributed by atoms with Gasteiger partial charge >= 0.3 is 0 Å². The zero-order chi connectivity index (χ0) is 14.4. The number of hydrogen-bond acceptors (Lipinski definition) is 3. The van der Waals surface area contributed by atoms with Crippen molar-refractivity contribution in [3.63, 3.8) is 0 Å². The first-order valence-corrected chi connectivity index (χ1v) is 8.03. The molecule has 0 fully saturated rings. The van der Waals surface area contributed by atoms with Crippen molar-refractivity contribution in [2.24, 2.45) is 0 Å². The van der Waals surface area contributed by atoms with Gasteiger partial charge in [-0.05, 0) is 23.8 Å². The fraction of sp³-hybridized carbons (Fsp3) is 0.417. The summed E-state index contributed by atoms with van der Waals surface area (Å²) in [5.41, 5.74) is 1.52. The molecule has 0 unspecified atom stereocenters. The topological polar surface area (TPSA) is 47.6 Å². The minimum absolute atomic E-state index is 0.0205. The minimum Gasteiger partial charge on any atom is -0.354 e. The molecule has 1 aromatic carbocycles. The molecule has 0 saturated heterocycles. The molecule has 0 heterocycles. The zero-order valence-corrected chi connectivity index (χ0v) is 15.2. The first-order valence-electron chi connectivity index (χ1n) is 5.41. The van der Waals surface area contributed by atoms with Crippen LogP contribution < -0.4 is 5.32 Å². The van der Waals surface area contributed by atoms with Crippen LogP contribution in [0.25, 0.3) is 0 Å². The summed E-state index contributed by atoms with van der Waals surface area (Å²) in [6.07, 6.45) is -0.445. The molecule has 1 amide bonds. The first-order chi connectivity index (χ1) is 8.99. The Morgan fingerprint density at radius 2 is 1.95 bits per heavy atom. The van der Waals surface area contributed by atoms with Gasteiger partial charge in [-0.1, -0.05) is 47.8 Å². The van der Waals surface area contributed by atoms with Crippen molar-refractivity contribution < 1.29 is 14.3 Å². The molecule has 0 atom stereocenters. The van der Waals surface area contributed by atoms with E-state index in [1.807, 2.05) is 12.1 Å². The van der Waals surface area contributed by atoms with Crippen LogP contribution in [-0.4, -0.2) is 33.0 Å². The number of nitrogens with one attached hydrogen (secondary N) is 1. The average molecular weight is 460 g/mol. The minimum atomic E-state index is -0.445. The quantitative estimate of drug-likeness (QED) is 0.522. The molecular formula is C12H14Br3NO3. The van der Waals surface area contributed by atoms with Crippen molar-refractivity contribution in [1.29, 1.82) is 0 Å². The van der Waals surface area contributed by atoms with Crippen LogP contribution in [0.4, 0.5) is 0 Å². The monoisotopic (exact) mass is 457 g/mol. The van der Waals surface area contributed by atoms with Crippen LogP contribution in [-0.2, 0) is 9.47 Å². The van der Waals surface area contributed by atoms with Crippen LogP contribution in [0.15, 0.2) is 22.7 Å². The largest absolute Gasteiger partial charge is 0.354 e. The Morgan fingerprint density at radius 3 is 2.47 bits per heavy atom. The lowest BCUT2D eigenvalue weighted by Gasteiger charge is -2.14. The second-order valence-electron chi connectivity index (χ2n) is 3.65. The van der Waals surface area contributed by atoms with Crippen LogP contribution >= 0.6 is 47.8 Å². The number of hydrogen-bond donors (Lipinski definition) is 1. The lowest BCUT2D eigenvalue weighted by atomic mass is 10.1. The van der Waals surface area contributed by atoms with Crippen molar-refractivity contribution in [2.75, 3.05) is 20.8 Å². The summed E-state index contributed by atoms with van der Waals surface area (Å²) < 4.78 is 10.9. The highest BCUT2D eigenvalue weighted by molar-refractivity contribution is 9.24. The number of carbonyl (C=O) groups is 1. The third-order valence-electron chi connectivity index (χ3n) is 2.45. The Morgan fingerprint density at radius 1 is 1.32 bits per heavy atom. The first kappa shape index (κ1) is 17.1. The molecule has 0 aliphatic rings. The van der Waals surface area contributed by atoms with E-state index in [4.69, 9.17) is 9.47 Å². The number of carbonyl (C=O) groups excluding carboxylic acids is 1. The van der Waals surface area contributed by atoms with Gasteiger partial charge in [0, 0.05) is 24.3 Å². The Labute approximate surface area is 137 Å². The molecule has 0 saturated carbocycles. The highest BCUT2D eigenvalue weighted by Gasteiger charge is 2.13. The van der Waals surface area contributed by atoms with Gasteiger partial charge in [0.25, 0.3) is 5.91 Å². The lowest BCUT2D eigenvalue weighted by Crippen LogP contribution is -2.34. The number of halogens is 3. The van der Waals surface area contributed by atoms with E-state index in [2.05, 4.69) is 53.1 Å². The third-order valence-corrected chi connectivity index (χ3v) is 4.16. The van der Waals surface area contributed by atoms with Crippen LogP contribution in [0, 0.1) is 0 Å². The number of alkyl halides is 2. The Balaban J connectivity index is 2.75. The van der Waals surface area contributed by atoms with Gasteiger partial charge in [0.2, 0.25) is 0 Å². The molecule has 0 aliphatic carbocycles. The van der Waals surface area contributed by atoms with Crippen molar-refractivity contribution in [3.05, 3.63) is 33.8 Å². The average Bonchev–Trinajstić information content (AvgIpc) is 2.39. The fourth-order valence-electron chi connectivity index (χ4n) is 1.39. The summed E-state index contributed by atoms with van der Waals surface area (Å²) in [4.78, 5) is 12.0. The van der Waals surface area contributed by atoms with E-state index in [0.717, 1.165) is 10.0 Å². The fourth-order valence-corrected chi connectivity index (χ4v) is 3.24. The number of benzene rings is 1. The van der Waals surface area contributed by atoms with Gasteiger partial charge in [-0.25, -0.2) is 0 Å². The Bertz CT molecular complexity index is 436. The van der Waals surface area contributed by atoms with Crippen molar-refractivity contribution in [1.82, 2.24) is 5.32 Å². The highest BCUT2D eigenvalue weighted by Crippen LogP contribution is 2.34. The number of ether oxygens (including phenoxy) is 2. The summed E-state index contributed by atoms with van der Waals surface area (Å²) in [5, 5.41) is 2.75. The predicted molar refractivity (Wildman–Crippen MR) is 84.9 cm³/mol. The van der Waals surface area contributed by atoms with Crippen LogP contribution in [0.1, 0.15) is 19.7 Å². The molecule has 1 N–H and O–H groups in total. The van der Waals surface area contributed by atoms with Gasteiger partial charge in [-0.2, -0.15) is 0 Å². The molecule has 1 rings (SSSR count). The summed E-state index contributed by atoms with van der Waals surface area (Å²) in [7, 11) is 3.05. The zero-order valence-electron chi connectivity index (χ0n) is 10.5. The molecule has 19 heavy (non-hydrogen) atoms. The van der Waals surface area contributed by atoms with E-state index in [1.54, 1.807) is 6.07 Å². The van der Waals surface area contributed by atoms with Gasteiger partial charge in [0.1, 0.15) is 0 Å². The molecular weight excluding hydrogens is 446 g/mol. The van der Waals surface area contributed by atoms with E-state index >= 15 is 0 Å². The molecule has 7 heteroatoms. The van der Waals surface area contributed by atoms with Crippen LogP contribution in [0.2, 0.25) is 0 Å². The van der Waals surface area contributed by atoms with Gasteiger partial charge in [0.05, 0.1) is 10.3 Å². The maximum atomic E-state index is 12.0. The molecule has 1 aromatic rings. The van der Waals surface area contributed by atoms with Gasteiger partial charge in [-0.15, -0.1) is 0 Å². The maximum Gasteiger partial charge on any atom is 0.251 e. The second kappa shape index (κ2) is 8.36. The Hall–Kier alpha value is 0.0500. The van der Waals surface area contributed by atoms with E-state index in [0.29, 0.717) is 12.1 Å². The highest BCUT2D eigenvalue weighted by atomic mass is 79.9. The molecule has 106 valence electrons. The number of rotatable bonds is 6. The summed E-state index contributed by atoms with van der Waals surface area (Å²) in [6, 6.07) is 5.39. The van der Waals surface area contributed by atoms with Crippen LogP contribution in [0.5, 0.6) is 0 Å². The van der Waals surface area contributed by atoms with E-state index < -0.39 is 6.29 Å². The molecule has 0 aliphatic heterocycles. The van der Waals surface area contributed by atoms with E-state index in [9.17, 15) is 4.79 Å². The molecule has 0 radical (unpaired) electrons. The van der Waals surface area contributed by atoms with Gasteiger partial charge < -0.3 is 14.8 Å². The number of methoxy groups -OCH3 is 2. The molecule has 4 nitrogen and oxygen atoms in total. The predicted octanol–water partition coefficient (Wildman–Crippen LogP) is 3.59. The van der Waals surface area contributed by atoms with Gasteiger partial charge in [-0.3, -0.25) is 4.79 Å². The van der Waals surface area contributed by atoms with Gasteiger partial charge in [0.15, 0.2) is 6.29 Å². The molecule has 0 aromatic heterocycles. The summed E-state index contributed by atoms with van der Waals surface area (Å²) >= 11 is 10.3. The van der Waals surface area contributed by atoms with E-state index in [-0.39, 0.29) is 9.64 Å². The van der Waals surface area contributed by atoms with Crippen molar-refractivity contribution in [3.8, 4) is 0 Å². The third kappa shape index (κ3) is 5.15.